The average molecular weight is 229 g/mol. The fourth-order valence-electron chi connectivity index (χ4n) is 1.52. The van der Waals surface area contributed by atoms with Crippen LogP contribution in [0.4, 0.5) is 4.39 Å². The van der Waals surface area contributed by atoms with Gasteiger partial charge in [-0.3, -0.25) is 9.48 Å². The minimum absolute atomic E-state index is 0.248. The van der Waals surface area contributed by atoms with E-state index < -0.39 is 5.82 Å². The Balaban J connectivity index is 2.53. The molecule has 1 aromatic carbocycles. The molecule has 0 unspecified atom stereocenters. The van der Waals surface area contributed by atoms with Crippen molar-refractivity contribution in [2.75, 3.05) is 0 Å². The maximum atomic E-state index is 13.7. The second-order valence-electron chi connectivity index (χ2n) is 3.50. The fraction of sp³-hybridized carbons (Fsp3) is 0.0833. The summed E-state index contributed by atoms with van der Waals surface area (Å²) in [6.45, 7) is 0. The lowest BCUT2D eigenvalue weighted by atomic mass is 10.1. The molecular formula is C12H8FN3O. The van der Waals surface area contributed by atoms with E-state index in [1.54, 1.807) is 7.05 Å². The Labute approximate surface area is 96.9 Å². The molecule has 17 heavy (non-hydrogen) atoms. The molecule has 2 rings (SSSR count). The highest BCUT2D eigenvalue weighted by Gasteiger charge is 2.11. The lowest BCUT2D eigenvalue weighted by Crippen LogP contribution is -1.95. The number of aromatic nitrogens is 2. The second kappa shape index (κ2) is 4.18. The van der Waals surface area contributed by atoms with Crippen LogP contribution in [0.25, 0.3) is 11.3 Å². The number of carbonyl (C=O) groups is 1. The zero-order valence-electron chi connectivity index (χ0n) is 9.01. The number of carbonyl (C=O) groups excluding carboxylic acids is 1. The van der Waals surface area contributed by atoms with Gasteiger partial charge in [0.1, 0.15) is 11.5 Å². The molecule has 1 heterocycles. The fourth-order valence-corrected chi connectivity index (χ4v) is 1.52. The van der Waals surface area contributed by atoms with E-state index in [0.29, 0.717) is 17.7 Å². The van der Waals surface area contributed by atoms with Crippen LogP contribution >= 0.6 is 0 Å². The summed E-state index contributed by atoms with van der Waals surface area (Å²) >= 11 is 0. The van der Waals surface area contributed by atoms with Crippen molar-refractivity contribution in [1.82, 2.24) is 9.78 Å². The maximum absolute atomic E-state index is 13.7. The number of benzene rings is 1. The first-order chi connectivity index (χ1) is 8.15. The van der Waals surface area contributed by atoms with Crippen LogP contribution < -0.4 is 0 Å². The highest BCUT2D eigenvalue weighted by Crippen LogP contribution is 2.22. The Hall–Kier alpha value is -2.48. The number of nitrogens with zero attached hydrogens (tertiary/aromatic N) is 3. The van der Waals surface area contributed by atoms with Gasteiger partial charge in [-0.05, 0) is 24.3 Å². The quantitative estimate of drug-likeness (QED) is 0.739. The molecule has 0 aliphatic heterocycles. The summed E-state index contributed by atoms with van der Waals surface area (Å²) in [6, 6.07) is 7.48. The lowest BCUT2D eigenvalue weighted by molar-refractivity contribution is 0.111. The van der Waals surface area contributed by atoms with Crippen molar-refractivity contribution >= 4 is 6.29 Å². The molecule has 0 radical (unpaired) electrons. The molecule has 0 N–H and O–H groups in total. The summed E-state index contributed by atoms with van der Waals surface area (Å²) < 4.78 is 15.1. The van der Waals surface area contributed by atoms with E-state index in [-0.39, 0.29) is 11.1 Å². The molecule has 0 amide bonds. The van der Waals surface area contributed by atoms with Crippen molar-refractivity contribution in [2.45, 2.75) is 0 Å². The second-order valence-corrected chi connectivity index (χ2v) is 3.50. The van der Waals surface area contributed by atoms with Crippen molar-refractivity contribution in [1.29, 1.82) is 5.26 Å². The van der Waals surface area contributed by atoms with E-state index in [4.69, 9.17) is 5.26 Å². The predicted octanol–water partition coefficient (Wildman–Crippen LogP) is 1.91. The highest BCUT2D eigenvalue weighted by atomic mass is 19.1. The van der Waals surface area contributed by atoms with Gasteiger partial charge in [0.25, 0.3) is 0 Å². The van der Waals surface area contributed by atoms with E-state index in [2.05, 4.69) is 5.10 Å². The molecule has 0 bridgehead atoms. The summed E-state index contributed by atoms with van der Waals surface area (Å²) in [6.07, 6.45) is 0.651. The molecule has 2 aromatic rings. The van der Waals surface area contributed by atoms with E-state index in [9.17, 15) is 9.18 Å². The van der Waals surface area contributed by atoms with Gasteiger partial charge >= 0.3 is 0 Å². The third-order valence-corrected chi connectivity index (χ3v) is 2.41. The van der Waals surface area contributed by atoms with Gasteiger partial charge in [0, 0.05) is 12.6 Å². The number of hydrogen-bond donors (Lipinski definition) is 0. The van der Waals surface area contributed by atoms with Crippen molar-refractivity contribution in [3.8, 4) is 17.3 Å². The number of aldehydes is 1. The topological polar surface area (TPSA) is 58.7 Å². The van der Waals surface area contributed by atoms with Crippen molar-refractivity contribution in [3.63, 3.8) is 0 Å². The number of halogens is 1. The number of aryl methyl sites for hydroxylation is 1. The van der Waals surface area contributed by atoms with Gasteiger partial charge in [0.05, 0.1) is 17.3 Å². The molecule has 4 nitrogen and oxygen atoms in total. The average Bonchev–Trinajstić information content (AvgIpc) is 2.70. The third-order valence-electron chi connectivity index (χ3n) is 2.41. The minimum atomic E-state index is -0.528. The predicted molar refractivity (Wildman–Crippen MR) is 58.7 cm³/mol. The molecule has 84 valence electrons. The van der Waals surface area contributed by atoms with Crippen LogP contribution in [0.2, 0.25) is 0 Å². The summed E-state index contributed by atoms with van der Waals surface area (Å²) in [7, 11) is 1.61. The largest absolute Gasteiger partial charge is 0.296 e. The van der Waals surface area contributed by atoms with Crippen molar-refractivity contribution < 1.29 is 9.18 Å². The first-order valence-corrected chi connectivity index (χ1v) is 4.85. The van der Waals surface area contributed by atoms with Crippen LogP contribution in [0.1, 0.15) is 16.1 Å². The van der Waals surface area contributed by atoms with E-state index in [1.165, 1.54) is 22.9 Å². The SMILES string of the molecule is Cn1nc(-c2ccc(C#N)cc2F)cc1C=O. The molecule has 5 heteroatoms. The number of nitriles is 1. The molecule has 0 spiro atoms. The summed E-state index contributed by atoms with van der Waals surface area (Å²) in [5.41, 5.74) is 1.26. The molecule has 1 aromatic heterocycles. The maximum Gasteiger partial charge on any atom is 0.168 e. The van der Waals surface area contributed by atoms with Crippen LogP contribution in [0, 0.1) is 17.1 Å². The van der Waals surface area contributed by atoms with Gasteiger partial charge in [-0.1, -0.05) is 0 Å². The van der Waals surface area contributed by atoms with E-state index in [0.717, 1.165) is 6.07 Å². The first-order valence-electron chi connectivity index (χ1n) is 4.85. The Morgan fingerprint density at radius 1 is 1.47 bits per heavy atom. The van der Waals surface area contributed by atoms with Gasteiger partial charge in [-0.25, -0.2) is 4.39 Å². The van der Waals surface area contributed by atoms with Gasteiger partial charge in [0.2, 0.25) is 0 Å². The number of rotatable bonds is 2. The standard InChI is InChI=1S/C12H8FN3O/c1-16-9(7-17)5-12(15-16)10-3-2-8(6-14)4-11(10)13/h2-5,7H,1H3. The monoisotopic (exact) mass is 229 g/mol. The lowest BCUT2D eigenvalue weighted by Gasteiger charge is -1.98. The van der Waals surface area contributed by atoms with Crippen LogP contribution in [0.5, 0.6) is 0 Å². The van der Waals surface area contributed by atoms with Crippen LogP contribution in [-0.2, 0) is 7.05 Å². The van der Waals surface area contributed by atoms with Crippen LogP contribution in [0.3, 0.4) is 0 Å². The molecule has 0 saturated heterocycles. The Kier molecular flexibility index (Phi) is 2.71. The molecule has 0 aliphatic rings. The molecule has 0 atom stereocenters. The van der Waals surface area contributed by atoms with E-state index in [1.807, 2.05) is 6.07 Å². The number of hydrogen-bond acceptors (Lipinski definition) is 3. The zero-order valence-corrected chi connectivity index (χ0v) is 9.01. The minimum Gasteiger partial charge on any atom is -0.296 e. The smallest absolute Gasteiger partial charge is 0.168 e. The van der Waals surface area contributed by atoms with Crippen LogP contribution in [-0.4, -0.2) is 16.1 Å². The Morgan fingerprint density at radius 3 is 2.76 bits per heavy atom. The normalized spacial score (nSPS) is 9.94. The summed E-state index contributed by atoms with van der Waals surface area (Å²) in [5, 5.41) is 12.7. The third kappa shape index (κ3) is 1.93. The first kappa shape index (κ1) is 11.0. The summed E-state index contributed by atoms with van der Waals surface area (Å²) in [4.78, 5) is 10.7. The summed E-state index contributed by atoms with van der Waals surface area (Å²) in [5.74, 6) is -0.528. The molecular weight excluding hydrogens is 221 g/mol. The van der Waals surface area contributed by atoms with Crippen molar-refractivity contribution in [3.05, 3.63) is 41.3 Å². The van der Waals surface area contributed by atoms with Gasteiger partial charge in [-0.15, -0.1) is 0 Å². The Bertz CT molecular complexity index is 625. The molecule has 0 fully saturated rings. The van der Waals surface area contributed by atoms with E-state index >= 15 is 0 Å². The highest BCUT2D eigenvalue weighted by molar-refractivity contribution is 5.76. The van der Waals surface area contributed by atoms with Gasteiger partial charge < -0.3 is 0 Å². The Morgan fingerprint density at radius 2 is 2.24 bits per heavy atom. The van der Waals surface area contributed by atoms with Gasteiger partial charge in [0.15, 0.2) is 6.29 Å². The zero-order chi connectivity index (χ0) is 12.4. The van der Waals surface area contributed by atoms with Gasteiger partial charge in [-0.2, -0.15) is 10.4 Å². The van der Waals surface area contributed by atoms with Crippen LogP contribution in [0.15, 0.2) is 24.3 Å². The molecule has 0 aliphatic carbocycles. The van der Waals surface area contributed by atoms with Crippen molar-refractivity contribution in [2.24, 2.45) is 7.05 Å². The molecule has 0 saturated carbocycles.